The van der Waals surface area contributed by atoms with Crippen LogP contribution in [-0.4, -0.2) is 14.7 Å². The second-order valence-electron chi connectivity index (χ2n) is 5.97. The van der Waals surface area contributed by atoms with Gasteiger partial charge in [-0.05, 0) is 48.0 Å². The Balaban J connectivity index is 1.84. The third-order valence-electron chi connectivity index (χ3n) is 4.19. The van der Waals surface area contributed by atoms with Crippen LogP contribution >= 0.6 is 0 Å². The van der Waals surface area contributed by atoms with Crippen molar-refractivity contribution in [3.05, 3.63) is 83.8 Å². The molecule has 4 nitrogen and oxygen atoms in total. The van der Waals surface area contributed by atoms with Gasteiger partial charge in [0.05, 0.1) is 11.2 Å². The summed E-state index contributed by atoms with van der Waals surface area (Å²) >= 11 is 0. The van der Waals surface area contributed by atoms with E-state index >= 15 is 0 Å². The molecule has 0 spiro atoms. The van der Waals surface area contributed by atoms with Crippen molar-refractivity contribution in [2.45, 2.75) is 11.3 Å². The van der Waals surface area contributed by atoms with Gasteiger partial charge in [-0.15, -0.1) is 0 Å². The minimum atomic E-state index is -3.23. The first-order chi connectivity index (χ1) is 12.0. The SMILES string of the molecule is CS(=O)(=O)c1ccc(C2=C(c3ccco3)Cc3ccccc3O2)cc1. The van der Waals surface area contributed by atoms with Crippen LogP contribution in [0.1, 0.15) is 16.9 Å². The molecule has 0 saturated heterocycles. The summed E-state index contributed by atoms with van der Waals surface area (Å²) in [7, 11) is -3.23. The maximum atomic E-state index is 11.7. The van der Waals surface area contributed by atoms with E-state index in [2.05, 4.69) is 0 Å². The number of rotatable bonds is 3. The summed E-state index contributed by atoms with van der Waals surface area (Å²) in [6.07, 6.45) is 3.52. The van der Waals surface area contributed by atoms with Crippen molar-refractivity contribution in [1.82, 2.24) is 0 Å². The van der Waals surface area contributed by atoms with Gasteiger partial charge in [0.1, 0.15) is 17.3 Å². The van der Waals surface area contributed by atoms with Gasteiger partial charge in [-0.25, -0.2) is 8.42 Å². The van der Waals surface area contributed by atoms with E-state index in [0.29, 0.717) is 12.2 Å². The van der Waals surface area contributed by atoms with Crippen LogP contribution in [0.4, 0.5) is 0 Å². The molecule has 3 aromatic rings. The van der Waals surface area contributed by atoms with Crippen LogP contribution in [-0.2, 0) is 16.3 Å². The van der Waals surface area contributed by atoms with E-state index in [-0.39, 0.29) is 4.90 Å². The molecule has 1 aliphatic heterocycles. The molecule has 1 aromatic heterocycles. The third kappa shape index (κ3) is 2.98. The third-order valence-corrected chi connectivity index (χ3v) is 5.32. The number of allylic oxidation sites excluding steroid dienone is 1. The molecule has 126 valence electrons. The summed E-state index contributed by atoms with van der Waals surface area (Å²) in [6, 6.07) is 18.3. The van der Waals surface area contributed by atoms with Gasteiger partial charge >= 0.3 is 0 Å². The molecule has 0 saturated carbocycles. The van der Waals surface area contributed by atoms with Gasteiger partial charge in [-0.1, -0.05) is 18.2 Å². The standard InChI is InChI=1S/C20H16O4S/c1-25(21,22)16-10-8-14(9-11-16)20-17(19-7-4-12-23-19)13-15-5-2-3-6-18(15)24-20/h2-12H,13H2,1H3. The van der Waals surface area contributed by atoms with Gasteiger partial charge in [0.2, 0.25) is 0 Å². The fourth-order valence-corrected chi connectivity index (χ4v) is 3.56. The molecule has 1 aliphatic rings. The number of hydrogen-bond acceptors (Lipinski definition) is 4. The molecule has 2 aromatic carbocycles. The molecule has 25 heavy (non-hydrogen) atoms. The number of sulfone groups is 1. The Kier molecular flexibility index (Phi) is 3.73. The highest BCUT2D eigenvalue weighted by atomic mass is 32.2. The molecular weight excluding hydrogens is 336 g/mol. The molecule has 0 bridgehead atoms. The molecule has 0 atom stereocenters. The van der Waals surface area contributed by atoms with Gasteiger partial charge < -0.3 is 9.15 Å². The second kappa shape index (κ2) is 5.93. The number of hydrogen-bond donors (Lipinski definition) is 0. The fraction of sp³-hybridized carbons (Fsp3) is 0.100. The highest BCUT2D eigenvalue weighted by Gasteiger charge is 2.24. The first-order valence-electron chi connectivity index (χ1n) is 7.85. The molecule has 0 radical (unpaired) electrons. The Morgan fingerprint density at radius 3 is 2.36 bits per heavy atom. The molecule has 0 N–H and O–H groups in total. The molecule has 4 rings (SSSR count). The van der Waals surface area contributed by atoms with Crippen molar-refractivity contribution in [1.29, 1.82) is 0 Å². The van der Waals surface area contributed by atoms with Crippen molar-refractivity contribution < 1.29 is 17.6 Å². The van der Waals surface area contributed by atoms with Gasteiger partial charge in [-0.3, -0.25) is 0 Å². The van der Waals surface area contributed by atoms with Crippen molar-refractivity contribution in [3.63, 3.8) is 0 Å². The Morgan fingerprint density at radius 2 is 1.68 bits per heavy atom. The Bertz CT molecular complexity index is 1040. The largest absolute Gasteiger partial charge is 0.465 e. The smallest absolute Gasteiger partial charge is 0.175 e. The van der Waals surface area contributed by atoms with E-state index in [0.717, 1.165) is 28.2 Å². The predicted molar refractivity (Wildman–Crippen MR) is 95.8 cm³/mol. The summed E-state index contributed by atoms with van der Waals surface area (Å²) in [5.74, 6) is 2.24. The normalized spacial score (nSPS) is 14.1. The molecular formula is C20H16O4S. The van der Waals surface area contributed by atoms with E-state index in [1.54, 1.807) is 30.5 Å². The molecule has 0 aliphatic carbocycles. The fourth-order valence-electron chi connectivity index (χ4n) is 2.93. The molecule has 5 heteroatoms. The predicted octanol–water partition coefficient (Wildman–Crippen LogP) is 4.19. The van der Waals surface area contributed by atoms with Crippen LogP contribution in [0.15, 0.2) is 76.2 Å². The van der Waals surface area contributed by atoms with Crippen LogP contribution in [0.5, 0.6) is 5.75 Å². The van der Waals surface area contributed by atoms with E-state index in [1.807, 2.05) is 36.4 Å². The van der Waals surface area contributed by atoms with Crippen molar-refractivity contribution in [2.24, 2.45) is 0 Å². The quantitative estimate of drug-likeness (QED) is 0.709. The lowest BCUT2D eigenvalue weighted by Crippen LogP contribution is -2.09. The summed E-state index contributed by atoms with van der Waals surface area (Å²) in [5.41, 5.74) is 2.84. The first-order valence-corrected chi connectivity index (χ1v) is 9.75. The number of benzene rings is 2. The minimum absolute atomic E-state index is 0.285. The van der Waals surface area contributed by atoms with E-state index < -0.39 is 9.84 Å². The summed E-state index contributed by atoms with van der Waals surface area (Å²) in [4.78, 5) is 0.285. The Morgan fingerprint density at radius 1 is 0.920 bits per heavy atom. The van der Waals surface area contributed by atoms with Gasteiger partial charge in [0.15, 0.2) is 9.84 Å². The number of furan rings is 1. The van der Waals surface area contributed by atoms with Gasteiger partial charge in [-0.2, -0.15) is 0 Å². The summed E-state index contributed by atoms with van der Waals surface area (Å²) in [5, 5.41) is 0. The van der Waals surface area contributed by atoms with Crippen LogP contribution in [0, 0.1) is 0 Å². The first kappa shape index (κ1) is 15.7. The van der Waals surface area contributed by atoms with E-state index in [4.69, 9.17) is 9.15 Å². The highest BCUT2D eigenvalue weighted by molar-refractivity contribution is 7.90. The zero-order valence-electron chi connectivity index (χ0n) is 13.6. The van der Waals surface area contributed by atoms with Gasteiger partial charge in [0.25, 0.3) is 0 Å². The van der Waals surface area contributed by atoms with Crippen LogP contribution < -0.4 is 4.74 Å². The topological polar surface area (TPSA) is 56.5 Å². The van der Waals surface area contributed by atoms with Gasteiger partial charge in [0, 0.05) is 23.8 Å². The van der Waals surface area contributed by atoms with E-state index in [1.165, 1.54) is 6.26 Å². The second-order valence-corrected chi connectivity index (χ2v) is 7.98. The van der Waals surface area contributed by atoms with E-state index in [9.17, 15) is 8.42 Å². The maximum Gasteiger partial charge on any atom is 0.175 e. The molecule has 0 amide bonds. The highest BCUT2D eigenvalue weighted by Crippen LogP contribution is 2.39. The minimum Gasteiger partial charge on any atom is -0.465 e. The van der Waals surface area contributed by atoms with Crippen molar-refractivity contribution in [3.8, 4) is 5.75 Å². The summed E-state index contributed by atoms with van der Waals surface area (Å²) in [6.45, 7) is 0. The number of ether oxygens (including phenoxy) is 1. The van der Waals surface area contributed by atoms with Crippen LogP contribution in [0.3, 0.4) is 0 Å². The zero-order valence-corrected chi connectivity index (χ0v) is 14.4. The summed E-state index contributed by atoms with van der Waals surface area (Å²) < 4.78 is 35.1. The average Bonchev–Trinajstić information content (AvgIpc) is 3.14. The lowest BCUT2D eigenvalue weighted by atomic mass is 9.96. The molecule has 0 fully saturated rings. The monoisotopic (exact) mass is 352 g/mol. The molecule has 0 unspecified atom stereocenters. The Hall–Kier alpha value is -2.79. The molecule has 2 heterocycles. The lowest BCUT2D eigenvalue weighted by molar-refractivity contribution is 0.493. The van der Waals surface area contributed by atoms with Crippen LogP contribution in [0.2, 0.25) is 0 Å². The van der Waals surface area contributed by atoms with Crippen molar-refractivity contribution in [2.75, 3.05) is 6.26 Å². The van der Waals surface area contributed by atoms with Crippen LogP contribution in [0.25, 0.3) is 11.3 Å². The van der Waals surface area contributed by atoms with Crippen molar-refractivity contribution >= 4 is 21.2 Å². The lowest BCUT2D eigenvalue weighted by Gasteiger charge is -2.23. The Labute approximate surface area is 146 Å². The average molecular weight is 352 g/mol. The zero-order chi connectivity index (χ0) is 17.4. The number of fused-ring (bicyclic) bond motifs is 1. The maximum absolute atomic E-state index is 11.7. The number of para-hydroxylation sites is 1.